The molecule has 3 aromatic heterocycles. The molecule has 0 spiro atoms. The van der Waals surface area contributed by atoms with E-state index in [0.717, 1.165) is 5.39 Å². The van der Waals surface area contributed by atoms with Crippen LogP contribution < -0.4 is 16.0 Å². The van der Waals surface area contributed by atoms with Crippen LogP contribution in [0.5, 0.6) is 5.75 Å². The molecule has 7 nitrogen and oxygen atoms in total. The van der Waals surface area contributed by atoms with Gasteiger partial charge in [-0.2, -0.15) is 0 Å². The van der Waals surface area contributed by atoms with E-state index in [9.17, 15) is 14.4 Å². The van der Waals surface area contributed by atoms with Gasteiger partial charge >= 0.3 is 17.2 Å². The molecular weight excluding hydrogens is 478 g/mol. The topological polar surface area (TPSA) is 99.6 Å². The summed E-state index contributed by atoms with van der Waals surface area (Å²) in [5, 5.41) is 4.01. The van der Waals surface area contributed by atoms with Crippen molar-refractivity contribution < 1.29 is 18.4 Å². The minimum atomic E-state index is -0.588. The van der Waals surface area contributed by atoms with Crippen LogP contribution in [-0.4, -0.2) is 11.0 Å². The van der Waals surface area contributed by atoms with Crippen molar-refractivity contribution in [3.05, 3.63) is 117 Å². The van der Waals surface area contributed by atoms with Crippen molar-refractivity contribution in [3.8, 4) is 27.8 Å². The molecule has 8 heteroatoms. The predicted octanol–water partition coefficient (Wildman–Crippen LogP) is 5.91. The number of esters is 1. The number of rotatable bonds is 4. The highest BCUT2D eigenvalue weighted by Crippen LogP contribution is 2.30. The van der Waals surface area contributed by atoms with E-state index >= 15 is 0 Å². The quantitative estimate of drug-likeness (QED) is 0.171. The Morgan fingerprint density at radius 3 is 2.47 bits per heavy atom. The molecule has 0 fully saturated rings. The maximum absolute atomic E-state index is 12.8. The summed E-state index contributed by atoms with van der Waals surface area (Å²) >= 11 is 1.24. The van der Waals surface area contributed by atoms with Crippen LogP contribution in [0.3, 0.4) is 0 Å². The fourth-order valence-corrected chi connectivity index (χ4v) is 4.63. The zero-order chi connectivity index (χ0) is 24.6. The SMILES string of the molecule is O=C(Oc1ccc2cc(-c3nc(-c4cc5ccccc5c(=O)o4)cs3)c(=O)oc2c1)c1ccccc1. The monoisotopic (exact) mass is 493 g/mol. The number of thiazole rings is 1. The number of fused-ring (bicyclic) bond motifs is 2. The first-order chi connectivity index (χ1) is 17.5. The van der Waals surface area contributed by atoms with Gasteiger partial charge in [-0.25, -0.2) is 19.4 Å². The van der Waals surface area contributed by atoms with E-state index in [1.54, 1.807) is 66.0 Å². The molecule has 0 aliphatic rings. The van der Waals surface area contributed by atoms with Gasteiger partial charge in [-0.3, -0.25) is 0 Å². The van der Waals surface area contributed by atoms with Crippen LogP contribution in [0.15, 0.2) is 109 Å². The van der Waals surface area contributed by atoms with E-state index in [2.05, 4.69) is 4.98 Å². The number of carbonyl (C=O) groups excluding carboxylic acids is 1. The summed E-state index contributed by atoms with van der Waals surface area (Å²) in [7, 11) is 0. The van der Waals surface area contributed by atoms with Gasteiger partial charge in [-0.05, 0) is 47.9 Å². The van der Waals surface area contributed by atoms with Crippen molar-refractivity contribution in [2.24, 2.45) is 0 Å². The van der Waals surface area contributed by atoms with Gasteiger partial charge in [0.15, 0.2) is 5.76 Å². The lowest BCUT2D eigenvalue weighted by atomic mass is 10.1. The maximum atomic E-state index is 12.8. The first kappa shape index (κ1) is 21.7. The molecule has 0 saturated heterocycles. The lowest BCUT2D eigenvalue weighted by molar-refractivity contribution is 0.0735. The van der Waals surface area contributed by atoms with E-state index in [0.29, 0.717) is 32.8 Å². The Morgan fingerprint density at radius 1 is 0.806 bits per heavy atom. The third kappa shape index (κ3) is 3.99. The lowest BCUT2D eigenvalue weighted by Gasteiger charge is -2.06. The smallest absolute Gasteiger partial charge is 0.346 e. The second-order valence-corrected chi connectivity index (χ2v) is 8.78. The van der Waals surface area contributed by atoms with Crippen molar-refractivity contribution in [1.82, 2.24) is 4.98 Å². The molecule has 0 radical (unpaired) electrons. The van der Waals surface area contributed by atoms with E-state index < -0.39 is 17.2 Å². The van der Waals surface area contributed by atoms with Gasteiger partial charge in [-0.15, -0.1) is 11.3 Å². The van der Waals surface area contributed by atoms with E-state index in [-0.39, 0.29) is 16.9 Å². The van der Waals surface area contributed by atoms with Crippen LogP contribution in [0.25, 0.3) is 43.8 Å². The normalized spacial score (nSPS) is 11.1. The van der Waals surface area contributed by atoms with E-state index in [1.165, 1.54) is 17.4 Å². The Balaban J connectivity index is 1.32. The second kappa shape index (κ2) is 8.75. The number of aromatic nitrogens is 1. The highest BCUT2D eigenvalue weighted by atomic mass is 32.1. The Bertz CT molecular complexity index is 1880. The number of ether oxygens (including phenoxy) is 1. The number of benzene rings is 3. The fraction of sp³-hybridized carbons (Fsp3) is 0. The Hall–Kier alpha value is -4.82. The molecule has 0 atom stereocenters. The molecule has 0 saturated carbocycles. The average Bonchev–Trinajstić information content (AvgIpc) is 3.39. The van der Waals surface area contributed by atoms with Crippen LogP contribution in [0, 0.1) is 0 Å². The van der Waals surface area contributed by atoms with Crippen LogP contribution in [0.1, 0.15) is 10.4 Å². The van der Waals surface area contributed by atoms with Crippen molar-refractivity contribution >= 4 is 39.0 Å². The Kier molecular flexibility index (Phi) is 5.28. The van der Waals surface area contributed by atoms with Crippen LogP contribution in [0.2, 0.25) is 0 Å². The number of hydrogen-bond acceptors (Lipinski definition) is 8. The van der Waals surface area contributed by atoms with Crippen molar-refractivity contribution in [2.45, 2.75) is 0 Å². The summed E-state index contributed by atoms with van der Waals surface area (Å²) < 4.78 is 16.4. The zero-order valence-corrected chi connectivity index (χ0v) is 19.3. The van der Waals surface area contributed by atoms with Gasteiger partial charge in [0.05, 0.1) is 16.5 Å². The molecule has 0 bridgehead atoms. The molecule has 3 aromatic carbocycles. The molecule has 0 amide bonds. The van der Waals surface area contributed by atoms with Gasteiger partial charge in [0, 0.05) is 16.8 Å². The van der Waals surface area contributed by atoms with Crippen LogP contribution >= 0.6 is 11.3 Å². The Morgan fingerprint density at radius 2 is 1.61 bits per heavy atom. The number of carbonyl (C=O) groups is 1. The van der Waals surface area contributed by atoms with Crippen molar-refractivity contribution in [2.75, 3.05) is 0 Å². The van der Waals surface area contributed by atoms with Gasteiger partial charge in [-0.1, -0.05) is 36.4 Å². The summed E-state index contributed by atoms with van der Waals surface area (Å²) in [6.45, 7) is 0. The third-order valence-electron chi connectivity index (χ3n) is 5.58. The lowest BCUT2D eigenvalue weighted by Crippen LogP contribution is -2.08. The van der Waals surface area contributed by atoms with Gasteiger partial charge in [0.25, 0.3) is 0 Å². The van der Waals surface area contributed by atoms with Gasteiger partial charge < -0.3 is 13.6 Å². The number of nitrogens with zero attached hydrogens (tertiary/aromatic N) is 1. The summed E-state index contributed by atoms with van der Waals surface area (Å²) in [6.07, 6.45) is 0. The van der Waals surface area contributed by atoms with Crippen molar-refractivity contribution in [3.63, 3.8) is 0 Å². The second-order valence-electron chi connectivity index (χ2n) is 7.93. The van der Waals surface area contributed by atoms with Gasteiger partial charge in [0.1, 0.15) is 22.0 Å². The molecule has 0 aliphatic carbocycles. The summed E-state index contributed by atoms with van der Waals surface area (Å²) in [5.74, 6) is 0.0657. The zero-order valence-electron chi connectivity index (χ0n) is 18.5. The van der Waals surface area contributed by atoms with E-state index in [1.807, 2.05) is 18.2 Å². The molecule has 6 aromatic rings. The first-order valence-electron chi connectivity index (χ1n) is 10.9. The van der Waals surface area contributed by atoms with Gasteiger partial charge in [0.2, 0.25) is 0 Å². The average molecular weight is 493 g/mol. The summed E-state index contributed by atoms with van der Waals surface area (Å²) in [5.41, 5.74) is 0.369. The molecule has 0 aliphatic heterocycles. The summed E-state index contributed by atoms with van der Waals surface area (Å²) in [4.78, 5) is 42.0. The molecule has 3 heterocycles. The maximum Gasteiger partial charge on any atom is 0.346 e. The first-order valence-corrected chi connectivity index (χ1v) is 11.8. The fourth-order valence-electron chi connectivity index (χ4n) is 3.82. The standard InChI is InChI=1S/C28H15NO6S/c30-26(16-6-2-1-3-7-16)33-19-11-10-18-12-21(28(32)34-23(18)14-19)25-29-22(15-36-25)24-13-17-8-4-5-9-20(17)27(31)35-24/h1-15H. The molecule has 0 N–H and O–H groups in total. The highest BCUT2D eigenvalue weighted by molar-refractivity contribution is 7.13. The Labute approximate surface area is 206 Å². The molecular formula is C28H15NO6S. The third-order valence-corrected chi connectivity index (χ3v) is 6.46. The largest absolute Gasteiger partial charge is 0.423 e. The van der Waals surface area contributed by atoms with Crippen LogP contribution in [-0.2, 0) is 0 Å². The highest BCUT2D eigenvalue weighted by Gasteiger charge is 2.16. The van der Waals surface area contributed by atoms with E-state index in [4.69, 9.17) is 13.6 Å². The molecule has 36 heavy (non-hydrogen) atoms. The molecule has 0 unspecified atom stereocenters. The van der Waals surface area contributed by atoms with Crippen LogP contribution in [0.4, 0.5) is 0 Å². The molecule has 6 rings (SSSR count). The van der Waals surface area contributed by atoms with Crippen molar-refractivity contribution in [1.29, 1.82) is 0 Å². The summed E-state index contributed by atoms with van der Waals surface area (Å²) in [6, 6.07) is 24.0. The minimum absolute atomic E-state index is 0.259. The predicted molar refractivity (Wildman–Crippen MR) is 136 cm³/mol. The minimum Gasteiger partial charge on any atom is -0.423 e. The molecule has 174 valence electrons. The number of hydrogen-bond donors (Lipinski definition) is 0.